The van der Waals surface area contributed by atoms with Crippen LogP contribution in [0.4, 0.5) is 13.2 Å². The van der Waals surface area contributed by atoms with Gasteiger partial charge in [0.2, 0.25) is 0 Å². The van der Waals surface area contributed by atoms with Crippen molar-refractivity contribution >= 4 is 5.78 Å². The van der Waals surface area contributed by atoms with E-state index in [0.717, 1.165) is 37.5 Å². The van der Waals surface area contributed by atoms with E-state index in [4.69, 9.17) is 4.74 Å². The van der Waals surface area contributed by atoms with E-state index in [-0.39, 0.29) is 34.8 Å². The molecule has 4 aliphatic rings. The van der Waals surface area contributed by atoms with Crippen molar-refractivity contribution < 1.29 is 22.7 Å². The number of ether oxygens (including phenoxy) is 1. The summed E-state index contributed by atoms with van der Waals surface area (Å²) in [4.78, 5) is 12.9. The maximum atomic E-state index is 15.4. The minimum absolute atomic E-state index is 0.0684. The molecule has 31 heavy (non-hydrogen) atoms. The number of hydrogen-bond acceptors (Lipinski definition) is 2. The van der Waals surface area contributed by atoms with E-state index in [0.29, 0.717) is 35.8 Å². The predicted molar refractivity (Wildman–Crippen MR) is 110 cm³/mol. The van der Waals surface area contributed by atoms with E-state index in [9.17, 15) is 13.6 Å². The molecule has 3 saturated carbocycles. The molecule has 3 unspecified atom stereocenters. The molecule has 1 saturated heterocycles. The highest BCUT2D eigenvalue weighted by molar-refractivity contribution is 5.89. The molecule has 0 radical (unpaired) electrons. The topological polar surface area (TPSA) is 26.3 Å². The van der Waals surface area contributed by atoms with Gasteiger partial charge >= 0.3 is 0 Å². The summed E-state index contributed by atoms with van der Waals surface area (Å²) >= 11 is 0. The smallest absolute Gasteiger partial charge is 0.165 e. The van der Waals surface area contributed by atoms with Crippen LogP contribution in [0.2, 0.25) is 0 Å². The van der Waals surface area contributed by atoms with Gasteiger partial charge in [-0.25, -0.2) is 13.2 Å². The van der Waals surface area contributed by atoms with E-state index in [1.165, 1.54) is 12.8 Å². The molecule has 2 aromatic rings. The number of carbonyl (C=O) groups is 1. The van der Waals surface area contributed by atoms with Crippen LogP contribution in [0.25, 0.3) is 11.1 Å². The van der Waals surface area contributed by atoms with Crippen LogP contribution < -0.4 is 0 Å². The van der Waals surface area contributed by atoms with Crippen LogP contribution in [0, 0.1) is 46.5 Å². The molecule has 6 rings (SSSR count). The third kappa shape index (κ3) is 3.32. The number of halogens is 3. The Labute approximate surface area is 179 Å². The van der Waals surface area contributed by atoms with E-state index < -0.39 is 17.5 Å². The van der Waals surface area contributed by atoms with Crippen molar-refractivity contribution in [2.45, 2.75) is 44.6 Å². The molecule has 0 aromatic heterocycles. The molecule has 5 atom stereocenters. The van der Waals surface area contributed by atoms with Gasteiger partial charge in [0.1, 0.15) is 23.6 Å². The van der Waals surface area contributed by atoms with Gasteiger partial charge in [-0.1, -0.05) is 18.2 Å². The maximum absolute atomic E-state index is 15.4. The summed E-state index contributed by atoms with van der Waals surface area (Å²) in [7, 11) is 0. The molecule has 4 fully saturated rings. The Bertz CT molecular complexity index is 1040. The zero-order chi connectivity index (χ0) is 21.3. The Balaban J connectivity index is 1.28. The SMILES string of the molecule is O=C(C1CCO1)[C@@H]1C2CC3(CC3)C[C@H](Cc3cccc(-c4cc(F)cc(F)c4)c3F)C21. The molecular weight excluding hydrogens is 401 g/mol. The number of fused-ring (bicyclic) bond motifs is 1. The molecule has 2 aromatic carbocycles. The van der Waals surface area contributed by atoms with E-state index >= 15 is 4.39 Å². The molecule has 1 aliphatic heterocycles. The van der Waals surface area contributed by atoms with Gasteiger partial charge in [0.15, 0.2) is 5.78 Å². The fourth-order valence-corrected chi connectivity index (χ4v) is 6.40. The van der Waals surface area contributed by atoms with Gasteiger partial charge in [-0.05, 0) is 78.5 Å². The zero-order valence-electron chi connectivity index (χ0n) is 17.3. The van der Waals surface area contributed by atoms with Gasteiger partial charge in [0.05, 0.1) is 6.61 Å². The number of ketones is 1. The largest absolute Gasteiger partial charge is 0.370 e. The molecule has 0 bridgehead atoms. The number of hydrogen-bond donors (Lipinski definition) is 0. The summed E-state index contributed by atoms with van der Waals surface area (Å²) in [6.07, 6.45) is 5.75. The van der Waals surface area contributed by atoms with Crippen LogP contribution in [0.15, 0.2) is 36.4 Å². The quantitative estimate of drug-likeness (QED) is 0.611. The highest BCUT2D eigenvalue weighted by atomic mass is 19.1. The summed E-state index contributed by atoms with van der Waals surface area (Å²) in [5.41, 5.74) is 1.34. The maximum Gasteiger partial charge on any atom is 0.165 e. The van der Waals surface area contributed by atoms with Crippen LogP contribution >= 0.6 is 0 Å². The number of benzene rings is 2. The molecule has 0 N–H and O–H groups in total. The molecule has 1 heterocycles. The van der Waals surface area contributed by atoms with Crippen LogP contribution in [-0.2, 0) is 16.0 Å². The average Bonchev–Trinajstić information content (AvgIpc) is 3.58. The number of rotatable bonds is 5. The fraction of sp³-hybridized carbons (Fsp3) is 0.500. The summed E-state index contributed by atoms with van der Waals surface area (Å²) in [6, 6.07) is 8.20. The highest BCUT2D eigenvalue weighted by Gasteiger charge is 2.66. The molecular formula is C26H25F3O2. The third-order valence-electron chi connectivity index (χ3n) is 8.17. The van der Waals surface area contributed by atoms with Crippen molar-refractivity contribution in [1.82, 2.24) is 0 Å². The Morgan fingerprint density at radius 1 is 1.06 bits per heavy atom. The van der Waals surface area contributed by atoms with E-state index in [1.807, 2.05) is 0 Å². The average molecular weight is 426 g/mol. The first-order valence-corrected chi connectivity index (χ1v) is 11.3. The van der Waals surface area contributed by atoms with Gasteiger partial charge in [-0.2, -0.15) is 0 Å². The second-order valence-electron chi connectivity index (χ2n) is 10.1. The fourth-order valence-electron chi connectivity index (χ4n) is 6.40. The van der Waals surface area contributed by atoms with Crippen LogP contribution in [-0.4, -0.2) is 18.5 Å². The van der Waals surface area contributed by atoms with Gasteiger partial charge in [-0.15, -0.1) is 0 Å². The van der Waals surface area contributed by atoms with Gasteiger partial charge in [0.25, 0.3) is 0 Å². The summed E-state index contributed by atoms with van der Waals surface area (Å²) in [5.74, 6) is -0.521. The first-order valence-electron chi connectivity index (χ1n) is 11.3. The minimum atomic E-state index is -0.719. The van der Waals surface area contributed by atoms with E-state index in [2.05, 4.69) is 0 Å². The van der Waals surface area contributed by atoms with Crippen LogP contribution in [0.5, 0.6) is 0 Å². The molecule has 1 spiro atoms. The number of Topliss-reactive ketones (excluding diaryl/α,β-unsaturated/α-hetero) is 1. The summed E-state index contributed by atoms with van der Waals surface area (Å²) < 4.78 is 48.3. The van der Waals surface area contributed by atoms with Gasteiger partial charge in [-0.3, -0.25) is 4.79 Å². The van der Waals surface area contributed by atoms with Crippen molar-refractivity contribution in [2.75, 3.05) is 6.61 Å². The third-order valence-corrected chi connectivity index (χ3v) is 8.17. The van der Waals surface area contributed by atoms with Crippen molar-refractivity contribution in [3.63, 3.8) is 0 Å². The number of carbonyl (C=O) groups excluding carboxylic acids is 1. The second kappa shape index (κ2) is 6.93. The molecule has 3 aliphatic carbocycles. The van der Waals surface area contributed by atoms with Crippen molar-refractivity contribution in [1.29, 1.82) is 0 Å². The lowest BCUT2D eigenvalue weighted by Crippen LogP contribution is -2.36. The van der Waals surface area contributed by atoms with Gasteiger partial charge < -0.3 is 4.74 Å². The molecule has 0 amide bonds. The van der Waals surface area contributed by atoms with Crippen LogP contribution in [0.1, 0.15) is 37.7 Å². The lowest BCUT2D eigenvalue weighted by atomic mass is 9.76. The highest BCUT2D eigenvalue weighted by Crippen LogP contribution is 2.70. The Kier molecular flexibility index (Phi) is 4.37. The predicted octanol–water partition coefficient (Wildman–Crippen LogP) is 5.72. The van der Waals surface area contributed by atoms with Gasteiger partial charge in [0, 0.05) is 24.0 Å². The Hall–Kier alpha value is -2.14. The normalized spacial score (nSPS) is 32.3. The van der Waals surface area contributed by atoms with Crippen LogP contribution in [0.3, 0.4) is 0 Å². The summed E-state index contributed by atoms with van der Waals surface area (Å²) in [6.45, 7) is 0.671. The first-order chi connectivity index (χ1) is 14.9. The molecule has 5 heteroatoms. The van der Waals surface area contributed by atoms with Crippen molar-refractivity contribution in [2.24, 2.45) is 29.1 Å². The minimum Gasteiger partial charge on any atom is -0.370 e. The molecule has 162 valence electrons. The standard InChI is InChI=1S/C26H25F3O2/c27-17-9-15(10-18(28)11-17)19-3-1-2-14(24(19)29)8-16-12-26(5-6-26)13-20-22(16)23(20)25(30)21-4-7-31-21/h1-3,9-11,16,20-23H,4-8,12-13H2/t16-,20?,21?,22?,23+/m0/s1. The monoisotopic (exact) mass is 426 g/mol. The summed E-state index contributed by atoms with van der Waals surface area (Å²) in [5, 5.41) is 0. The lowest BCUT2D eigenvalue weighted by Gasteiger charge is -2.29. The Morgan fingerprint density at radius 3 is 2.45 bits per heavy atom. The van der Waals surface area contributed by atoms with Crippen molar-refractivity contribution in [3.05, 3.63) is 59.4 Å². The lowest BCUT2D eigenvalue weighted by molar-refractivity contribution is -0.144. The first kappa shape index (κ1) is 19.5. The zero-order valence-corrected chi connectivity index (χ0v) is 17.3. The molecule has 2 nitrogen and oxygen atoms in total. The second-order valence-corrected chi connectivity index (χ2v) is 10.1. The van der Waals surface area contributed by atoms with E-state index in [1.54, 1.807) is 18.2 Å². The van der Waals surface area contributed by atoms with Crippen molar-refractivity contribution in [3.8, 4) is 11.1 Å². The Morgan fingerprint density at radius 2 is 1.81 bits per heavy atom.